The van der Waals surface area contributed by atoms with E-state index in [1.165, 1.54) is 6.92 Å². The van der Waals surface area contributed by atoms with E-state index in [0.29, 0.717) is 11.1 Å². The summed E-state index contributed by atoms with van der Waals surface area (Å²) in [5.41, 5.74) is -5.55. The number of aliphatic hydroxyl groups is 1. The Morgan fingerprint density at radius 1 is 1.05 bits per heavy atom. The number of fused-ring (bicyclic) bond motifs is 5. The molecule has 9 unspecified atom stereocenters. The molecule has 5 rings (SSSR count). The number of rotatable bonds is 14. The van der Waals surface area contributed by atoms with Crippen molar-refractivity contribution < 1.29 is 56.8 Å². The molecule has 0 radical (unpaired) electrons. The van der Waals surface area contributed by atoms with Crippen LogP contribution in [-0.4, -0.2) is 89.3 Å². The van der Waals surface area contributed by atoms with Crippen LogP contribution in [0.4, 0.5) is 0 Å². The summed E-state index contributed by atoms with van der Waals surface area (Å²) in [6, 6.07) is 7.85. The Kier molecular flexibility index (Phi) is 17.1. The highest BCUT2D eigenvalue weighted by Gasteiger charge is 2.78. The predicted molar refractivity (Wildman–Crippen MR) is 251 cm³/mol. The van der Waals surface area contributed by atoms with Gasteiger partial charge in [-0.25, -0.2) is 9.59 Å². The zero-order chi connectivity index (χ0) is 42.4. The number of nitrogens with one attached hydrogen (secondary N) is 1. The third kappa shape index (κ3) is 9.38. The fourth-order valence-corrected chi connectivity index (χ4v) is 14.0. The maximum absolute atomic E-state index is 16.1. The number of carbonyl (C=O) groups excluding carboxylic acids is 4. The van der Waals surface area contributed by atoms with E-state index < -0.39 is 116 Å². The van der Waals surface area contributed by atoms with Gasteiger partial charge < -0.3 is 37.6 Å². The number of esters is 3. The van der Waals surface area contributed by atoms with E-state index in [0.717, 1.165) is 0 Å². The molecule has 1 aromatic rings. The van der Waals surface area contributed by atoms with E-state index in [1.807, 2.05) is 0 Å². The Bertz CT molecular complexity index is 1730. The molecule has 1 heterocycles. The molecule has 4 aliphatic rings. The van der Waals surface area contributed by atoms with Gasteiger partial charge in [0.15, 0.2) is 17.5 Å². The van der Waals surface area contributed by atoms with Crippen molar-refractivity contribution in [1.29, 1.82) is 0 Å². The highest BCUT2D eigenvalue weighted by atomic mass is 32.8. The molecule has 13 nitrogen and oxygen atoms in total. The smallest absolute Gasteiger partial charge is 0.338 e. The molecule has 1 aliphatic heterocycles. The molecular formula is C33H54NO12P11. The van der Waals surface area contributed by atoms with E-state index in [2.05, 4.69) is 68.0 Å². The summed E-state index contributed by atoms with van der Waals surface area (Å²) in [7, 11) is 15.6. The Morgan fingerprint density at radius 3 is 2.23 bits per heavy atom. The van der Waals surface area contributed by atoms with Crippen LogP contribution in [0.1, 0.15) is 64.7 Å². The Morgan fingerprint density at radius 2 is 1.70 bits per heavy atom. The Labute approximate surface area is 356 Å². The summed E-state index contributed by atoms with van der Waals surface area (Å²) < 4.78 is 44.7. The van der Waals surface area contributed by atoms with Crippen molar-refractivity contribution in [3.05, 3.63) is 47.0 Å². The second kappa shape index (κ2) is 19.7. The first kappa shape index (κ1) is 49.5. The molecule has 20 atom stereocenters. The second-order valence-electron chi connectivity index (χ2n) is 15.4. The van der Waals surface area contributed by atoms with Gasteiger partial charge in [0.25, 0.3) is 0 Å². The minimum atomic E-state index is -2.10. The summed E-state index contributed by atoms with van der Waals surface area (Å²) in [6.07, 6.45) is -6.78. The zero-order valence-corrected chi connectivity index (χ0v) is 44.2. The number of hydrogen-bond acceptors (Lipinski definition) is 13. The first-order valence-corrected chi connectivity index (χ1v) is 33.9. The molecule has 318 valence electrons. The molecule has 2 saturated carbocycles. The van der Waals surface area contributed by atoms with Gasteiger partial charge in [-0.15, -0.1) is 17.9 Å². The number of hydrogen-bond donors (Lipinski definition) is 2. The topological polar surface area (TPSA) is 165 Å². The minimum Gasteiger partial charge on any atom is -0.456 e. The first-order chi connectivity index (χ1) is 26.6. The van der Waals surface area contributed by atoms with Crippen molar-refractivity contribution in [2.45, 2.75) is 108 Å². The van der Waals surface area contributed by atoms with Crippen LogP contribution in [0.2, 0.25) is 0 Å². The quantitative estimate of drug-likeness (QED) is 0.0823. The van der Waals surface area contributed by atoms with Crippen molar-refractivity contribution in [3.63, 3.8) is 0 Å². The molecule has 0 amide bonds. The average Bonchev–Trinajstić information content (AvgIpc) is 3.14. The summed E-state index contributed by atoms with van der Waals surface area (Å²) in [4.78, 5) is 57.7. The van der Waals surface area contributed by atoms with Crippen molar-refractivity contribution >= 4 is 117 Å². The largest absolute Gasteiger partial charge is 0.456 e. The molecule has 3 fully saturated rings. The van der Waals surface area contributed by atoms with Crippen LogP contribution in [0.25, 0.3) is 0 Å². The lowest BCUT2D eigenvalue weighted by molar-refractivity contribution is -0.343. The minimum absolute atomic E-state index is 0.116. The van der Waals surface area contributed by atoms with E-state index >= 15 is 4.79 Å². The monoisotopic (exact) mass is 997 g/mol. The molecular weight excluding hydrogens is 943 g/mol. The van der Waals surface area contributed by atoms with Gasteiger partial charge >= 0.3 is 17.9 Å². The van der Waals surface area contributed by atoms with Gasteiger partial charge in [-0.05, 0) is 51.0 Å². The maximum atomic E-state index is 16.1. The van der Waals surface area contributed by atoms with E-state index in [4.69, 9.17) is 32.5 Å². The molecule has 3 aliphatic carbocycles. The molecule has 57 heavy (non-hydrogen) atoms. The summed E-state index contributed by atoms with van der Waals surface area (Å²) in [6.45, 7) is 9.11. The van der Waals surface area contributed by atoms with Crippen molar-refractivity contribution in [3.8, 4) is 0 Å². The Balaban J connectivity index is 1.87. The van der Waals surface area contributed by atoms with Gasteiger partial charge in [0, 0.05) is 39.7 Å². The van der Waals surface area contributed by atoms with E-state index in [-0.39, 0.29) is 33.5 Å². The number of benzene rings is 1. The van der Waals surface area contributed by atoms with Crippen LogP contribution in [0.15, 0.2) is 41.5 Å². The van der Waals surface area contributed by atoms with Crippen molar-refractivity contribution in [1.82, 2.24) is 5.09 Å². The third-order valence-corrected chi connectivity index (χ3v) is 28.7. The lowest BCUT2D eigenvalue weighted by Crippen LogP contribution is -2.82. The maximum Gasteiger partial charge on any atom is 0.338 e. The third-order valence-electron chi connectivity index (χ3n) is 12.0. The van der Waals surface area contributed by atoms with Gasteiger partial charge in [-0.2, -0.15) is 0 Å². The Hall–Kier alpha value is 1.53. The summed E-state index contributed by atoms with van der Waals surface area (Å²) in [5, 5.41) is 16.9. The van der Waals surface area contributed by atoms with E-state index in [1.54, 1.807) is 65.0 Å². The molecule has 1 saturated heterocycles. The molecule has 2 N–H and O–H groups in total. The van der Waals surface area contributed by atoms with Crippen LogP contribution in [0.3, 0.4) is 0 Å². The first-order valence-electron chi connectivity index (χ1n) is 17.9. The van der Waals surface area contributed by atoms with Gasteiger partial charge in [-0.1, -0.05) is 77.2 Å². The SMILES string of the molecule is CC(=O)O[C@@]12CO[C@@H]1C[C@H](OP(P)P)[C@@]1(C)C(=O)[C@H](OP(P)P(P)P)C3=C(C)[C@@H](OC(=O)[C@H](OPP)[C@H](C)NP)C[C@@](O)([C@@H](OC(=O)c4ccccc4)[C@H]21)C3(C)C. The van der Waals surface area contributed by atoms with Crippen LogP contribution in [0, 0.1) is 16.7 Å². The molecule has 0 aromatic heterocycles. The zero-order valence-electron chi connectivity index (χ0n) is 32.4. The highest BCUT2D eigenvalue weighted by molar-refractivity contribution is 8.80. The molecule has 2 bridgehead atoms. The fourth-order valence-electron chi connectivity index (χ4n) is 9.00. The van der Waals surface area contributed by atoms with Gasteiger partial charge in [0.05, 0.1) is 44.7 Å². The van der Waals surface area contributed by atoms with Gasteiger partial charge in [-0.3, -0.25) is 14.7 Å². The summed E-state index contributed by atoms with van der Waals surface area (Å²) in [5.74, 6) is -3.76. The van der Waals surface area contributed by atoms with E-state index in [9.17, 15) is 19.5 Å². The van der Waals surface area contributed by atoms with Crippen LogP contribution >= 0.6 is 93.5 Å². The van der Waals surface area contributed by atoms with Crippen molar-refractivity contribution in [2.24, 2.45) is 16.7 Å². The summed E-state index contributed by atoms with van der Waals surface area (Å²) >= 11 is 0. The number of carbonyl (C=O) groups is 4. The number of ether oxygens (including phenoxy) is 4. The van der Waals surface area contributed by atoms with Crippen LogP contribution < -0.4 is 5.09 Å². The van der Waals surface area contributed by atoms with Gasteiger partial charge in [0.2, 0.25) is 0 Å². The predicted octanol–water partition coefficient (Wildman–Crippen LogP) is 7.36. The lowest BCUT2D eigenvalue weighted by atomic mass is 9.44. The van der Waals surface area contributed by atoms with Crippen LogP contribution in [-0.2, 0) is 46.9 Å². The standard InChI is InChI=1S/C33H54NO12P11/c1-15-19(41-29(38)23(44-54-48)16(2)34-47)13-33(39)27(42-28(37)18-10-8-7-9-11-18)25-31(6,26(36)24(22(15)30(33,4)5)46-56(51)57(52)53)20(45-55(49)50)12-21-32(25,14-40-21)43-17(3)35/h7-11,16,19-21,23-25,27,34,39,54H,12-14,47-53H2,1-6H3/t16-,19-,20-,21+,23+,24+,25-,27-,31+,32-,33+,56?/m0/s1. The number of Topliss-reactive ketones (excluding diaryl/α,β-unsaturated/α-hetero) is 1. The number of ketones is 1. The molecule has 1 aromatic carbocycles. The average molecular weight is 998 g/mol. The fraction of sp³-hybridized carbons (Fsp3) is 0.636. The van der Waals surface area contributed by atoms with Crippen molar-refractivity contribution in [2.75, 3.05) is 6.61 Å². The molecule has 24 heteroatoms. The second-order valence-corrected chi connectivity index (χ2v) is 37.3. The highest BCUT2D eigenvalue weighted by Crippen LogP contribution is 2.84. The van der Waals surface area contributed by atoms with Gasteiger partial charge in [0.1, 0.15) is 30.0 Å². The molecule has 0 spiro atoms. The van der Waals surface area contributed by atoms with Crippen LogP contribution in [0.5, 0.6) is 0 Å². The normalized spacial score (nSPS) is 35.1. The lowest BCUT2D eigenvalue weighted by Gasteiger charge is -2.68.